The zero-order valence-corrected chi connectivity index (χ0v) is 14.4. The fourth-order valence-electron chi connectivity index (χ4n) is 3.74. The molecule has 23 heavy (non-hydrogen) atoms. The van der Waals surface area contributed by atoms with Crippen LogP contribution < -0.4 is 11.2 Å². The van der Waals surface area contributed by atoms with Crippen molar-refractivity contribution < 1.29 is 13.2 Å². The molecule has 128 valence electrons. The first-order valence-electron chi connectivity index (χ1n) is 7.58. The van der Waals surface area contributed by atoms with E-state index in [0.717, 1.165) is 0 Å². The molecule has 0 aromatic carbocycles. The highest BCUT2D eigenvalue weighted by atomic mass is 32.2. The lowest BCUT2D eigenvalue weighted by molar-refractivity contribution is -0.0733. The van der Waals surface area contributed by atoms with E-state index in [1.165, 1.54) is 22.1 Å². The molecule has 1 N–H and O–H groups in total. The number of likely N-dealkylation sites (N-methyl/N-ethyl adjacent to an activating group) is 1. The van der Waals surface area contributed by atoms with Crippen molar-refractivity contribution in [3.63, 3.8) is 0 Å². The molecule has 4 atom stereocenters. The van der Waals surface area contributed by atoms with Crippen LogP contribution in [0, 0.1) is 12.8 Å². The quantitative estimate of drug-likeness (QED) is 0.801. The van der Waals surface area contributed by atoms with Gasteiger partial charge in [0.2, 0.25) is 10.0 Å². The van der Waals surface area contributed by atoms with Gasteiger partial charge < -0.3 is 4.74 Å². The molecule has 2 saturated heterocycles. The molecule has 0 amide bonds. The van der Waals surface area contributed by atoms with Crippen LogP contribution in [-0.4, -0.2) is 46.7 Å². The van der Waals surface area contributed by atoms with Crippen LogP contribution in [0.2, 0.25) is 0 Å². The first kappa shape index (κ1) is 16.4. The summed E-state index contributed by atoms with van der Waals surface area (Å²) in [5.74, 6) is -0.164. The Bertz CT molecular complexity index is 858. The Balaban J connectivity index is 2.18. The second kappa shape index (κ2) is 5.02. The monoisotopic (exact) mass is 343 g/mol. The van der Waals surface area contributed by atoms with Crippen molar-refractivity contribution in [2.24, 2.45) is 5.92 Å². The lowest BCUT2D eigenvalue weighted by Gasteiger charge is -2.40. The van der Waals surface area contributed by atoms with Gasteiger partial charge in [0.25, 0.3) is 5.56 Å². The van der Waals surface area contributed by atoms with Gasteiger partial charge in [0, 0.05) is 24.7 Å². The second-order valence-electron chi connectivity index (χ2n) is 6.46. The SMILES string of the molecule is CC[C@@]12CS(=O)(=O)N(C)[C@@H](C1C)[C@H](n1cc(C)c(=O)[nH]c1=O)O2. The highest BCUT2D eigenvalue weighted by molar-refractivity contribution is 7.89. The van der Waals surface area contributed by atoms with Crippen molar-refractivity contribution in [3.05, 3.63) is 32.6 Å². The third-order valence-corrected chi connectivity index (χ3v) is 7.27. The van der Waals surface area contributed by atoms with Gasteiger partial charge in [-0.2, -0.15) is 4.31 Å². The number of nitrogens with zero attached hydrogens (tertiary/aromatic N) is 2. The molecule has 2 aliphatic heterocycles. The smallest absolute Gasteiger partial charge is 0.330 e. The highest BCUT2D eigenvalue weighted by Gasteiger charge is 2.61. The Hall–Kier alpha value is -1.45. The maximum atomic E-state index is 12.4. The number of aromatic nitrogens is 2. The van der Waals surface area contributed by atoms with E-state index in [2.05, 4.69) is 4.98 Å². The zero-order valence-electron chi connectivity index (χ0n) is 13.6. The molecule has 3 heterocycles. The van der Waals surface area contributed by atoms with Gasteiger partial charge in [-0.15, -0.1) is 0 Å². The molecule has 0 radical (unpaired) electrons. The fourth-order valence-corrected chi connectivity index (χ4v) is 5.75. The predicted molar refractivity (Wildman–Crippen MR) is 83.7 cm³/mol. The van der Waals surface area contributed by atoms with Crippen molar-refractivity contribution in [3.8, 4) is 0 Å². The number of fused-ring (bicyclic) bond motifs is 2. The summed E-state index contributed by atoms with van der Waals surface area (Å²) in [6.45, 7) is 5.43. The zero-order chi connectivity index (χ0) is 17.2. The Morgan fingerprint density at radius 1 is 1.43 bits per heavy atom. The van der Waals surface area contributed by atoms with Crippen molar-refractivity contribution >= 4 is 10.0 Å². The molecule has 2 fully saturated rings. The topological polar surface area (TPSA) is 101 Å². The minimum atomic E-state index is -3.45. The Morgan fingerprint density at radius 3 is 2.70 bits per heavy atom. The molecular weight excluding hydrogens is 322 g/mol. The summed E-state index contributed by atoms with van der Waals surface area (Å²) in [5.41, 5.74) is -1.49. The first-order valence-corrected chi connectivity index (χ1v) is 9.19. The Labute approximate surface area is 134 Å². The molecule has 0 spiro atoms. The van der Waals surface area contributed by atoms with E-state index in [1.807, 2.05) is 13.8 Å². The molecule has 2 aliphatic rings. The van der Waals surface area contributed by atoms with Gasteiger partial charge in [0.15, 0.2) is 6.23 Å². The van der Waals surface area contributed by atoms with Gasteiger partial charge in [-0.05, 0) is 13.3 Å². The summed E-state index contributed by atoms with van der Waals surface area (Å²) >= 11 is 0. The van der Waals surface area contributed by atoms with E-state index in [-0.39, 0.29) is 11.7 Å². The summed E-state index contributed by atoms with van der Waals surface area (Å²) in [7, 11) is -1.94. The van der Waals surface area contributed by atoms with Gasteiger partial charge in [0.05, 0.1) is 17.4 Å². The highest BCUT2D eigenvalue weighted by Crippen LogP contribution is 2.50. The number of aryl methyl sites for hydroxylation is 1. The number of nitrogens with one attached hydrogen (secondary N) is 1. The summed E-state index contributed by atoms with van der Waals surface area (Å²) in [5, 5.41) is 0. The molecule has 1 aromatic heterocycles. The normalized spacial score (nSPS) is 36.3. The van der Waals surface area contributed by atoms with Crippen LogP contribution in [0.25, 0.3) is 0 Å². The van der Waals surface area contributed by atoms with E-state index in [9.17, 15) is 18.0 Å². The lowest BCUT2D eigenvalue weighted by Crippen LogP contribution is -2.56. The fraction of sp³-hybridized carbons (Fsp3) is 0.714. The van der Waals surface area contributed by atoms with E-state index >= 15 is 0 Å². The van der Waals surface area contributed by atoms with Crippen LogP contribution >= 0.6 is 0 Å². The number of sulfonamides is 1. The van der Waals surface area contributed by atoms with Crippen molar-refractivity contribution in [1.29, 1.82) is 0 Å². The van der Waals surface area contributed by atoms with Crippen LogP contribution in [0.15, 0.2) is 15.8 Å². The molecule has 9 heteroatoms. The van der Waals surface area contributed by atoms with Gasteiger partial charge in [-0.25, -0.2) is 13.2 Å². The largest absolute Gasteiger partial charge is 0.348 e. The molecule has 2 bridgehead atoms. The van der Waals surface area contributed by atoms with Crippen molar-refractivity contribution in [2.45, 2.75) is 45.1 Å². The second-order valence-corrected chi connectivity index (χ2v) is 8.49. The van der Waals surface area contributed by atoms with Crippen LogP contribution in [0.5, 0.6) is 0 Å². The maximum absolute atomic E-state index is 12.4. The van der Waals surface area contributed by atoms with Gasteiger partial charge >= 0.3 is 5.69 Å². The Kier molecular flexibility index (Phi) is 3.58. The maximum Gasteiger partial charge on any atom is 0.330 e. The van der Waals surface area contributed by atoms with E-state index in [0.29, 0.717) is 12.0 Å². The molecular formula is C14H21N3O5S. The van der Waals surface area contributed by atoms with Crippen molar-refractivity contribution in [2.75, 3.05) is 12.8 Å². The number of hydrogen-bond donors (Lipinski definition) is 1. The predicted octanol–water partition coefficient (Wildman–Crippen LogP) is -0.197. The van der Waals surface area contributed by atoms with Crippen LogP contribution in [-0.2, 0) is 14.8 Å². The van der Waals surface area contributed by atoms with Crippen molar-refractivity contribution in [1.82, 2.24) is 13.9 Å². The molecule has 0 aliphatic carbocycles. The van der Waals surface area contributed by atoms with Gasteiger partial charge in [0.1, 0.15) is 0 Å². The number of hydrogen-bond acceptors (Lipinski definition) is 5. The minimum Gasteiger partial charge on any atom is -0.348 e. The summed E-state index contributed by atoms with van der Waals surface area (Å²) in [4.78, 5) is 26.0. The van der Waals surface area contributed by atoms with E-state index in [4.69, 9.17) is 4.74 Å². The lowest BCUT2D eigenvalue weighted by atomic mass is 9.85. The standard InChI is InChI=1S/C14H21N3O5S/c1-5-14-7-23(20,21)16(4)10(9(14)3)12(22-14)17-6-8(2)11(18)15-13(17)19/h6,9-10,12H,5,7H2,1-4H3,(H,15,18,19)/t9?,10-,12+,14+/m0/s1. The van der Waals surface area contributed by atoms with Gasteiger partial charge in [-0.3, -0.25) is 14.3 Å². The van der Waals surface area contributed by atoms with Crippen LogP contribution in [0.1, 0.15) is 32.1 Å². The summed E-state index contributed by atoms with van der Waals surface area (Å²) in [6, 6.07) is -0.489. The summed E-state index contributed by atoms with van der Waals surface area (Å²) in [6.07, 6.45) is 1.21. The third kappa shape index (κ3) is 2.21. The average molecular weight is 343 g/mol. The third-order valence-electron chi connectivity index (χ3n) is 5.29. The molecule has 1 aromatic rings. The van der Waals surface area contributed by atoms with Crippen LogP contribution in [0.3, 0.4) is 0 Å². The molecule has 0 saturated carbocycles. The summed E-state index contributed by atoms with van der Waals surface area (Å²) < 4.78 is 33.6. The number of ether oxygens (including phenoxy) is 1. The number of H-pyrrole nitrogens is 1. The van der Waals surface area contributed by atoms with E-state index < -0.39 is 39.1 Å². The number of rotatable bonds is 2. The molecule has 8 nitrogen and oxygen atoms in total. The van der Waals surface area contributed by atoms with E-state index in [1.54, 1.807) is 6.92 Å². The molecule has 3 rings (SSSR count). The van der Waals surface area contributed by atoms with Crippen LogP contribution in [0.4, 0.5) is 0 Å². The minimum absolute atomic E-state index is 0.0647. The first-order chi connectivity index (χ1) is 10.6. The molecule has 1 unspecified atom stereocenters. The number of aromatic amines is 1. The average Bonchev–Trinajstić information content (AvgIpc) is 2.69. The Morgan fingerprint density at radius 2 is 2.09 bits per heavy atom. The van der Waals surface area contributed by atoms with Gasteiger partial charge in [-0.1, -0.05) is 13.8 Å².